The van der Waals surface area contributed by atoms with Gasteiger partial charge < -0.3 is 10.2 Å². The SMILES string of the molecule is Cc1ccc(N(CC(=O)N(Cc2ccc(Cl)c(Cl)c2)[C@H](Cc2ccccc2)C(=O)NC(C)C)S(=O)(=O)c2ccc(F)cc2)cc1. The van der Waals surface area contributed by atoms with E-state index in [9.17, 15) is 22.4 Å². The van der Waals surface area contributed by atoms with Gasteiger partial charge in [-0.15, -0.1) is 0 Å². The Balaban J connectivity index is 1.81. The summed E-state index contributed by atoms with van der Waals surface area (Å²) in [5, 5.41) is 3.51. The van der Waals surface area contributed by atoms with Gasteiger partial charge in [-0.05, 0) is 80.4 Å². The van der Waals surface area contributed by atoms with Crippen LogP contribution in [0.15, 0.2) is 102 Å². The lowest BCUT2D eigenvalue weighted by molar-refractivity contribution is -0.140. The van der Waals surface area contributed by atoms with E-state index in [1.165, 1.54) is 4.90 Å². The first kappa shape index (κ1) is 34.0. The molecule has 7 nitrogen and oxygen atoms in total. The molecule has 0 fully saturated rings. The number of nitrogens with zero attached hydrogens (tertiary/aromatic N) is 2. The van der Waals surface area contributed by atoms with Crippen molar-refractivity contribution in [1.29, 1.82) is 0 Å². The zero-order chi connectivity index (χ0) is 32.7. The molecule has 0 heterocycles. The number of benzene rings is 4. The maximum atomic E-state index is 14.4. The molecule has 4 aromatic carbocycles. The molecule has 0 aromatic heterocycles. The van der Waals surface area contributed by atoms with E-state index >= 15 is 0 Å². The van der Waals surface area contributed by atoms with Crippen molar-refractivity contribution in [2.75, 3.05) is 10.8 Å². The quantitative estimate of drug-likeness (QED) is 0.180. The fourth-order valence-electron chi connectivity index (χ4n) is 4.74. The summed E-state index contributed by atoms with van der Waals surface area (Å²) in [6.45, 7) is 4.80. The number of anilines is 1. The first-order chi connectivity index (χ1) is 21.3. The van der Waals surface area contributed by atoms with Crippen molar-refractivity contribution in [1.82, 2.24) is 10.2 Å². The van der Waals surface area contributed by atoms with Crippen LogP contribution in [0.2, 0.25) is 10.0 Å². The lowest BCUT2D eigenvalue weighted by atomic mass is 10.0. The minimum atomic E-state index is -4.34. The Kier molecular flexibility index (Phi) is 11.3. The van der Waals surface area contributed by atoms with E-state index in [2.05, 4.69) is 5.32 Å². The summed E-state index contributed by atoms with van der Waals surface area (Å²) in [5.74, 6) is -1.63. The third-order valence-corrected chi connectivity index (χ3v) is 9.57. The zero-order valence-corrected chi connectivity index (χ0v) is 27.4. The van der Waals surface area contributed by atoms with Crippen LogP contribution in [0.25, 0.3) is 0 Å². The minimum Gasteiger partial charge on any atom is -0.352 e. The molecule has 0 unspecified atom stereocenters. The van der Waals surface area contributed by atoms with Crippen LogP contribution in [0.1, 0.15) is 30.5 Å². The van der Waals surface area contributed by atoms with Crippen molar-refractivity contribution >= 4 is 50.7 Å². The molecule has 0 saturated carbocycles. The normalized spacial score (nSPS) is 12.1. The third kappa shape index (κ3) is 8.84. The molecule has 0 spiro atoms. The van der Waals surface area contributed by atoms with Crippen molar-refractivity contribution < 1.29 is 22.4 Å². The fourth-order valence-corrected chi connectivity index (χ4v) is 6.48. The van der Waals surface area contributed by atoms with Gasteiger partial charge in [0.15, 0.2) is 0 Å². The molecule has 0 aliphatic rings. The molecule has 45 heavy (non-hydrogen) atoms. The number of aryl methyl sites for hydroxylation is 1. The van der Waals surface area contributed by atoms with Crippen LogP contribution in [0.5, 0.6) is 0 Å². The molecule has 236 valence electrons. The van der Waals surface area contributed by atoms with E-state index in [1.807, 2.05) is 51.1 Å². The number of sulfonamides is 1. The van der Waals surface area contributed by atoms with Crippen molar-refractivity contribution in [2.24, 2.45) is 0 Å². The number of carbonyl (C=O) groups excluding carboxylic acids is 2. The van der Waals surface area contributed by atoms with Crippen molar-refractivity contribution in [3.8, 4) is 0 Å². The summed E-state index contributed by atoms with van der Waals surface area (Å²) in [7, 11) is -4.34. The van der Waals surface area contributed by atoms with Crippen LogP contribution < -0.4 is 9.62 Å². The molecule has 0 bridgehead atoms. The highest BCUT2D eigenvalue weighted by Crippen LogP contribution is 2.27. The number of carbonyl (C=O) groups is 2. The molecule has 0 saturated heterocycles. The Bertz CT molecular complexity index is 1740. The first-order valence-electron chi connectivity index (χ1n) is 14.3. The Hall–Kier alpha value is -3.92. The van der Waals surface area contributed by atoms with Gasteiger partial charge in [0.25, 0.3) is 10.0 Å². The number of hydrogen-bond donors (Lipinski definition) is 1. The lowest BCUT2D eigenvalue weighted by Crippen LogP contribution is -2.54. The van der Waals surface area contributed by atoms with Crippen LogP contribution in [0.3, 0.4) is 0 Å². The molecule has 4 aromatic rings. The Morgan fingerprint density at radius 2 is 1.49 bits per heavy atom. The van der Waals surface area contributed by atoms with Crippen molar-refractivity contribution in [2.45, 2.75) is 50.7 Å². The van der Waals surface area contributed by atoms with Gasteiger partial charge in [-0.2, -0.15) is 0 Å². The summed E-state index contributed by atoms with van der Waals surface area (Å²) in [6, 6.07) is 24.0. The number of hydrogen-bond acceptors (Lipinski definition) is 4. The average Bonchev–Trinajstić information content (AvgIpc) is 3.00. The maximum absolute atomic E-state index is 14.4. The predicted molar refractivity (Wildman–Crippen MR) is 176 cm³/mol. The first-order valence-corrected chi connectivity index (χ1v) is 16.5. The molecule has 0 radical (unpaired) electrons. The highest BCUT2D eigenvalue weighted by Gasteiger charge is 2.35. The Morgan fingerprint density at radius 1 is 0.844 bits per heavy atom. The van der Waals surface area contributed by atoms with Gasteiger partial charge in [0.1, 0.15) is 18.4 Å². The molecule has 1 atom stereocenters. The van der Waals surface area contributed by atoms with Crippen molar-refractivity contribution in [3.63, 3.8) is 0 Å². The second-order valence-corrected chi connectivity index (χ2v) is 13.6. The second-order valence-electron chi connectivity index (χ2n) is 10.9. The molecule has 0 aliphatic carbocycles. The Labute approximate surface area is 273 Å². The van der Waals surface area contributed by atoms with Crippen molar-refractivity contribution in [3.05, 3.63) is 130 Å². The molecule has 11 heteroatoms. The zero-order valence-electron chi connectivity index (χ0n) is 25.1. The minimum absolute atomic E-state index is 0.0585. The van der Waals surface area contributed by atoms with Gasteiger partial charge in [-0.25, -0.2) is 12.8 Å². The van der Waals surface area contributed by atoms with E-state index in [1.54, 1.807) is 42.5 Å². The van der Waals surface area contributed by atoms with Crippen LogP contribution in [-0.4, -0.2) is 43.8 Å². The van der Waals surface area contributed by atoms with Gasteiger partial charge in [-0.1, -0.05) is 77.3 Å². The maximum Gasteiger partial charge on any atom is 0.264 e. The number of amides is 2. The third-order valence-electron chi connectivity index (χ3n) is 7.04. The second kappa shape index (κ2) is 14.9. The fraction of sp³-hybridized carbons (Fsp3) is 0.235. The van der Waals surface area contributed by atoms with E-state index in [-0.39, 0.29) is 34.6 Å². The topological polar surface area (TPSA) is 86.8 Å². The highest BCUT2D eigenvalue weighted by molar-refractivity contribution is 7.92. The molecular weight excluding hydrogens is 636 g/mol. The highest BCUT2D eigenvalue weighted by atomic mass is 35.5. The van der Waals surface area contributed by atoms with E-state index in [0.717, 1.165) is 39.7 Å². The van der Waals surface area contributed by atoms with Crippen LogP contribution in [-0.2, 0) is 32.6 Å². The van der Waals surface area contributed by atoms with Crippen LogP contribution in [0.4, 0.5) is 10.1 Å². The number of halogens is 3. The van der Waals surface area contributed by atoms with Gasteiger partial charge in [-0.3, -0.25) is 13.9 Å². The van der Waals surface area contributed by atoms with Gasteiger partial charge >= 0.3 is 0 Å². The number of rotatable bonds is 12. The van der Waals surface area contributed by atoms with Crippen LogP contribution >= 0.6 is 23.2 Å². The van der Waals surface area contributed by atoms with Gasteiger partial charge in [0, 0.05) is 19.0 Å². The largest absolute Gasteiger partial charge is 0.352 e. The molecule has 1 N–H and O–H groups in total. The lowest BCUT2D eigenvalue weighted by Gasteiger charge is -2.34. The summed E-state index contributed by atoms with van der Waals surface area (Å²) in [4.78, 5) is 29.3. The number of nitrogens with one attached hydrogen (secondary N) is 1. The standard InChI is InChI=1S/C34H34Cl2FN3O4S/c1-23(2)38-34(42)32(20-25-7-5-4-6-8-25)39(21-26-11-18-30(35)31(36)19-26)33(41)22-40(28-14-9-24(3)10-15-28)45(43,44)29-16-12-27(37)13-17-29/h4-19,23,32H,20-22H2,1-3H3,(H,38,42)/t32-/m1/s1. The van der Waals surface area contributed by atoms with Gasteiger partial charge in [0.05, 0.1) is 20.6 Å². The molecule has 0 aliphatic heterocycles. The van der Waals surface area contributed by atoms with E-state index in [4.69, 9.17) is 23.2 Å². The van der Waals surface area contributed by atoms with E-state index < -0.39 is 40.2 Å². The monoisotopic (exact) mass is 669 g/mol. The Morgan fingerprint density at radius 3 is 2.09 bits per heavy atom. The summed E-state index contributed by atoms with van der Waals surface area (Å²) < 4.78 is 42.7. The molecule has 4 rings (SSSR count). The average molecular weight is 671 g/mol. The van der Waals surface area contributed by atoms with Gasteiger partial charge in [0.2, 0.25) is 11.8 Å². The predicted octanol–water partition coefficient (Wildman–Crippen LogP) is 6.80. The molecule has 2 amide bonds. The van der Waals surface area contributed by atoms with E-state index in [0.29, 0.717) is 10.6 Å². The smallest absolute Gasteiger partial charge is 0.264 e. The van der Waals surface area contributed by atoms with Crippen LogP contribution in [0, 0.1) is 12.7 Å². The summed E-state index contributed by atoms with van der Waals surface area (Å²) >= 11 is 12.5. The summed E-state index contributed by atoms with van der Waals surface area (Å²) in [6.07, 6.45) is 0.168. The molecular formula is C34H34Cl2FN3O4S. The summed E-state index contributed by atoms with van der Waals surface area (Å²) in [5.41, 5.74) is 2.52.